The van der Waals surface area contributed by atoms with Crippen molar-refractivity contribution in [1.29, 1.82) is 0 Å². The molecule has 1 rings (SSSR count). The van der Waals surface area contributed by atoms with Crippen molar-refractivity contribution in [3.63, 3.8) is 0 Å². The number of nitrogens with zero attached hydrogens (tertiary/aromatic N) is 1. The van der Waals surface area contributed by atoms with Crippen molar-refractivity contribution < 1.29 is 9.50 Å². The lowest BCUT2D eigenvalue weighted by Gasteiger charge is -2.20. The van der Waals surface area contributed by atoms with Crippen molar-refractivity contribution in [1.82, 2.24) is 4.90 Å². The highest BCUT2D eigenvalue weighted by atomic mass is 19.1. The molecule has 0 aliphatic carbocycles. The van der Waals surface area contributed by atoms with E-state index in [1.54, 1.807) is 12.1 Å². The molecule has 2 nitrogen and oxygen atoms in total. The molecule has 3 heteroatoms. The van der Waals surface area contributed by atoms with E-state index in [2.05, 4.69) is 11.8 Å². The molecule has 0 fully saturated rings. The molecular formula is C12H18FNO. The van der Waals surface area contributed by atoms with Crippen molar-refractivity contribution in [2.24, 2.45) is 0 Å². The molecule has 0 aromatic heterocycles. The maximum absolute atomic E-state index is 13.3. The second kappa shape index (κ2) is 6.53. The summed E-state index contributed by atoms with van der Waals surface area (Å²) in [7, 11) is 0. The first-order valence-corrected chi connectivity index (χ1v) is 5.34. The van der Waals surface area contributed by atoms with Gasteiger partial charge in [-0.3, -0.25) is 4.90 Å². The Bertz CT molecular complexity index is 285. The summed E-state index contributed by atoms with van der Waals surface area (Å²) in [6.07, 6.45) is 1.01. The van der Waals surface area contributed by atoms with Gasteiger partial charge < -0.3 is 5.11 Å². The number of hydrogen-bond donors (Lipinski definition) is 1. The molecule has 0 unspecified atom stereocenters. The van der Waals surface area contributed by atoms with E-state index < -0.39 is 0 Å². The summed E-state index contributed by atoms with van der Waals surface area (Å²) in [6.45, 7) is 4.25. The maximum atomic E-state index is 13.3. The van der Waals surface area contributed by atoms with E-state index in [1.165, 1.54) is 6.07 Å². The lowest BCUT2D eigenvalue weighted by atomic mass is 10.2. The summed E-state index contributed by atoms with van der Waals surface area (Å²) in [6, 6.07) is 6.78. The van der Waals surface area contributed by atoms with Gasteiger partial charge in [-0.25, -0.2) is 4.39 Å². The Morgan fingerprint density at radius 2 is 2.00 bits per heavy atom. The standard InChI is InChI=1S/C12H18FNO/c1-2-7-14(8-9-15)10-11-5-3-4-6-12(11)13/h3-6,15H,2,7-10H2,1H3. The van der Waals surface area contributed by atoms with E-state index in [1.807, 2.05) is 6.07 Å². The molecule has 0 saturated carbocycles. The van der Waals surface area contributed by atoms with Gasteiger partial charge in [-0.15, -0.1) is 0 Å². The molecular weight excluding hydrogens is 193 g/mol. The lowest BCUT2D eigenvalue weighted by Crippen LogP contribution is -2.27. The van der Waals surface area contributed by atoms with E-state index in [0.29, 0.717) is 18.7 Å². The minimum atomic E-state index is -0.170. The molecule has 0 bridgehead atoms. The van der Waals surface area contributed by atoms with Crippen LogP contribution in [0.25, 0.3) is 0 Å². The Labute approximate surface area is 90.3 Å². The van der Waals surface area contributed by atoms with Gasteiger partial charge in [-0.2, -0.15) is 0 Å². The quantitative estimate of drug-likeness (QED) is 0.778. The molecule has 0 aliphatic rings. The average Bonchev–Trinajstić information content (AvgIpc) is 2.22. The van der Waals surface area contributed by atoms with Crippen LogP contribution in [0, 0.1) is 5.82 Å². The molecule has 0 heterocycles. The highest BCUT2D eigenvalue weighted by Crippen LogP contribution is 2.09. The van der Waals surface area contributed by atoms with Gasteiger partial charge in [0, 0.05) is 18.7 Å². The summed E-state index contributed by atoms with van der Waals surface area (Å²) in [5, 5.41) is 8.88. The fourth-order valence-electron chi connectivity index (χ4n) is 1.60. The molecule has 0 aliphatic heterocycles. The number of aliphatic hydroxyl groups excluding tert-OH is 1. The largest absolute Gasteiger partial charge is 0.395 e. The van der Waals surface area contributed by atoms with Crippen molar-refractivity contribution in [3.8, 4) is 0 Å². The third kappa shape index (κ3) is 3.98. The highest BCUT2D eigenvalue weighted by molar-refractivity contribution is 5.17. The number of hydrogen-bond acceptors (Lipinski definition) is 2. The van der Waals surface area contributed by atoms with Crippen LogP contribution >= 0.6 is 0 Å². The first-order chi connectivity index (χ1) is 7.27. The smallest absolute Gasteiger partial charge is 0.127 e. The van der Waals surface area contributed by atoms with E-state index >= 15 is 0 Å². The number of halogens is 1. The molecule has 0 amide bonds. The minimum absolute atomic E-state index is 0.119. The number of rotatable bonds is 6. The van der Waals surface area contributed by atoms with Gasteiger partial charge in [0.25, 0.3) is 0 Å². The van der Waals surface area contributed by atoms with Crippen molar-refractivity contribution in [2.75, 3.05) is 19.7 Å². The number of benzene rings is 1. The van der Waals surface area contributed by atoms with Gasteiger partial charge in [0.1, 0.15) is 5.82 Å². The monoisotopic (exact) mass is 211 g/mol. The van der Waals surface area contributed by atoms with Crippen molar-refractivity contribution >= 4 is 0 Å². The highest BCUT2D eigenvalue weighted by Gasteiger charge is 2.07. The SMILES string of the molecule is CCCN(CCO)Cc1ccccc1F. The molecule has 1 N–H and O–H groups in total. The predicted molar refractivity (Wildman–Crippen MR) is 59.1 cm³/mol. The minimum Gasteiger partial charge on any atom is -0.395 e. The zero-order chi connectivity index (χ0) is 11.1. The Morgan fingerprint density at radius 1 is 1.27 bits per heavy atom. The second-order valence-electron chi connectivity index (χ2n) is 3.59. The van der Waals surface area contributed by atoms with E-state index in [-0.39, 0.29) is 12.4 Å². The Kier molecular flexibility index (Phi) is 5.29. The summed E-state index contributed by atoms with van der Waals surface area (Å²) < 4.78 is 13.3. The van der Waals surface area contributed by atoms with Crippen LogP contribution in [0.5, 0.6) is 0 Å². The Morgan fingerprint density at radius 3 is 2.60 bits per heavy atom. The van der Waals surface area contributed by atoms with Gasteiger partial charge in [0.05, 0.1) is 6.61 Å². The summed E-state index contributed by atoms with van der Waals surface area (Å²) in [5.74, 6) is -0.170. The van der Waals surface area contributed by atoms with Gasteiger partial charge in [0.15, 0.2) is 0 Å². The molecule has 0 saturated heterocycles. The number of aliphatic hydroxyl groups is 1. The molecule has 15 heavy (non-hydrogen) atoms. The van der Waals surface area contributed by atoms with E-state index in [4.69, 9.17) is 5.11 Å². The van der Waals surface area contributed by atoms with E-state index in [0.717, 1.165) is 13.0 Å². The van der Waals surface area contributed by atoms with Gasteiger partial charge >= 0.3 is 0 Å². The van der Waals surface area contributed by atoms with Crippen LogP contribution in [0.4, 0.5) is 4.39 Å². The Hall–Kier alpha value is -0.930. The second-order valence-corrected chi connectivity index (χ2v) is 3.59. The summed E-state index contributed by atoms with van der Waals surface area (Å²) >= 11 is 0. The zero-order valence-electron chi connectivity index (χ0n) is 9.12. The normalized spacial score (nSPS) is 10.9. The third-order valence-corrected chi connectivity index (χ3v) is 2.31. The maximum Gasteiger partial charge on any atom is 0.127 e. The molecule has 84 valence electrons. The molecule has 0 radical (unpaired) electrons. The summed E-state index contributed by atoms with van der Waals surface area (Å²) in [4.78, 5) is 2.05. The first-order valence-electron chi connectivity index (χ1n) is 5.34. The average molecular weight is 211 g/mol. The molecule has 0 atom stereocenters. The van der Waals surface area contributed by atoms with Gasteiger partial charge in [-0.1, -0.05) is 25.1 Å². The van der Waals surface area contributed by atoms with Crippen LogP contribution in [-0.4, -0.2) is 29.7 Å². The fraction of sp³-hybridized carbons (Fsp3) is 0.500. The van der Waals surface area contributed by atoms with Crippen LogP contribution in [0.1, 0.15) is 18.9 Å². The van der Waals surface area contributed by atoms with Crippen LogP contribution in [-0.2, 0) is 6.54 Å². The van der Waals surface area contributed by atoms with Gasteiger partial charge in [0.2, 0.25) is 0 Å². The van der Waals surface area contributed by atoms with Gasteiger partial charge in [-0.05, 0) is 19.0 Å². The van der Waals surface area contributed by atoms with Crippen LogP contribution in [0.3, 0.4) is 0 Å². The predicted octanol–water partition coefficient (Wildman–Crippen LogP) is 2.03. The summed E-state index contributed by atoms with van der Waals surface area (Å²) in [5.41, 5.74) is 0.694. The Balaban J connectivity index is 2.60. The topological polar surface area (TPSA) is 23.5 Å². The molecule has 0 spiro atoms. The molecule has 1 aromatic rings. The zero-order valence-corrected chi connectivity index (χ0v) is 9.12. The van der Waals surface area contributed by atoms with Crippen molar-refractivity contribution in [2.45, 2.75) is 19.9 Å². The van der Waals surface area contributed by atoms with Crippen LogP contribution in [0.2, 0.25) is 0 Å². The third-order valence-electron chi connectivity index (χ3n) is 2.31. The lowest BCUT2D eigenvalue weighted by molar-refractivity contribution is 0.189. The molecule has 1 aromatic carbocycles. The van der Waals surface area contributed by atoms with Crippen LogP contribution < -0.4 is 0 Å². The van der Waals surface area contributed by atoms with Crippen molar-refractivity contribution in [3.05, 3.63) is 35.6 Å². The van der Waals surface area contributed by atoms with Crippen LogP contribution in [0.15, 0.2) is 24.3 Å². The fourth-order valence-corrected chi connectivity index (χ4v) is 1.60. The van der Waals surface area contributed by atoms with E-state index in [9.17, 15) is 4.39 Å². The first kappa shape index (κ1) is 12.1.